The van der Waals surface area contributed by atoms with Crippen molar-refractivity contribution in [2.24, 2.45) is 5.92 Å². The van der Waals surface area contributed by atoms with Gasteiger partial charge in [0.1, 0.15) is 0 Å². The van der Waals surface area contributed by atoms with Gasteiger partial charge in [-0.05, 0) is 0 Å². The number of H-pyrrole nitrogens is 1. The molecule has 2 saturated heterocycles. The van der Waals surface area contributed by atoms with Crippen LogP contribution in [0.3, 0.4) is 0 Å². The first kappa shape index (κ1) is 12.1. The molecule has 0 saturated carbocycles. The molecule has 3 heterocycles. The average molecular weight is 268 g/mol. The molecule has 2 fully saturated rings. The van der Waals surface area contributed by atoms with Gasteiger partial charge in [0.15, 0.2) is 12.3 Å². The lowest BCUT2D eigenvalue weighted by Crippen LogP contribution is -2.35. The van der Waals surface area contributed by atoms with Gasteiger partial charge in [0, 0.05) is 18.2 Å². The van der Waals surface area contributed by atoms with Gasteiger partial charge in [-0.3, -0.25) is 19.1 Å². The maximum Gasteiger partial charge on any atom is 0.330 e. The van der Waals surface area contributed by atoms with Crippen LogP contribution in [0.1, 0.15) is 12.6 Å². The van der Waals surface area contributed by atoms with Crippen molar-refractivity contribution in [1.82, 2.24) is 9.55 Å². The molecule has 0 amide bonds. The topological polar surface area (TPSA) is 111 Å². The summed E-state index contributed by atoms with van der Waals surface area (Å²) >= 11 is 0. The number of nitrogens with one attached hydrogen (secondary N) is 1. The van der Waals surface area contributed by atoms with Crippen LogP contribution in [0.2, 0.25) is 0 Å². The van der Waals surface area contributed by atoms with Gasteiger partial charge in [-0.15, -0.1) is 0 Å². The van der Waals surface area contributed by atoms with E-state index in [4.69, 9.17) is 9.47 Å². The second-order valence-electron chi connectivity index (χ2n) is 4.59. The number of esters is 1. The summed E-state index contributed by atoms with van der Waals surface area (Å²) < 4.78 is 11.8. The van der Waals surface area contributed by atoms with E-state index in [9.17, 15) is 19.5 Å². The van der Waals surface area contributed by atoms with E-state index in [1.165, 1.54) is 12.3 Å². The molecule has 0 aromatic carbocycles. The highest BCUT2D eigenvalue weighted by Crippen LogP contribution is 2.41. The Kier molecular flexibility index (Phi) is 2.76. The lowest BCUT2D eigenvalue weighted by molar-refractivity contribution is -0.149. The summed E-state index contributed by atoms with van der Waals surface area (Å²) in [4.78, 5) is 36.2. The van der Waals surface area contributed by atoms with E-state index >= 15 is 0 Å². The summed E-state index contributed by atoms with van der Waals surface area (Å²) in [7, 11) is 0. The Labute approximate surface area is 106 Å². The van der Waals surface area contributed by atoms with Crippen LogP contribution in [-0.4, -0.2) is 39.4 Å². The van der Waals surface area contributed by atoms with Crippen LogP contribution in [-0.2, 0) is 14.3 Å². The Morgan fingerprint density at radius 2 is 2.21 bits per heavy atom. The molecule has 19 heavy (non-hydrogen) atoms. The van der Waals surface area contributed by atoms with Gasteiger partial charge in [0.05, 0.1) is 19.1 Å². The normalized spacial score (nSPS) is 33.2. The highest BCUT2D eigenvalue weighted by molar-refractivity contribution is 5.72. The van der Waals surface area contributed by atoms with E-state index < -0.39 is 29.7 Å². The number of nitrogens with zero attached hydrogens (tertiary/aromatic N) is 1. The van der Waals surface area contributed by atoms with E-state index in [2.05, 4.69) is 4.98 Å². The fraction of sp³-hybridized carbons (Fsp3) is 0.545. The minimum Gasteiger partial charge on any atom is -0.457 e. The average Bonchev–Trinajstić information content (AvgIpc) is 2.87. The zero-order valence-corrected chi connectivity index (χ0v) is 9.81. The molecule has 8 heteroatoms. The predicted octanol–water partition coefficient (Wildman–Crippen LogP) is -1.64. The summed E-state index contributed by atoms with van der Waals surface area (Å²) in [6.07, 6.45) is -0.550. The largest absolute Gasteiger partial charge is 0.457 e. The quantitative estimate of drug-likeness (QED) is 0.622. The first-order valence-corrected chi connectivity index (χ1v) is 5.87. The minimum atomic E-state index is -0.821. The Morgan fingerprint density at radius 3 is 2.89 bits per heavy atom. The fourth-order valence-corrected chi connectivity index (χ4v) is 2.60. The van der Waals surface area contributed by atoms with Crippen molar-refractivity contribution in [2.75, 3.05) is 6.61 Å². The molecule has 2 N–H and O–H groups in total. The number of rotatable bonds is 2. The van der Waals surface area contributed by atoms with Crippen molar-refractivity contribution < 1.29 is 19.4 Å². The molecule has 4 atom stereocenters. The second-order valence-corrected chi connectivity index (χ2v) is 4.59. The van der Waals surface area contributed by atoms with Gasteiger partial charge in [-0.1, -0.05) is 0 Å². The monoisotopic (exact) mass is 268 g/mol. The molecule has 2 aliphatic rings. The summed E-state index contributed by atoms with van der Waals surface area (Å²) in [5.74, 6) is -0.652. The summed E-state index contributed by atoms with van der Waals surface area (Å²) in [6.45, 7) is -0.258. The molecule has 3 rings (SSSR count). The number of aromatic amines is 1. The van der Waals surface area contributed by atoms with Crippen LogP contribution in [0.4, 0.5) is 0 Å². The molecule has 1 aromatic heterocycles. The van der Waals surface area contributed by atoms with E-state index in [-0.39, 0.29) is 24.9 Å². The number of ether oxygens (including phenoxy) is 2. The number of aromatic nitrogens is 2. The van der Waals surface area contributed by atoms with Gasteiger partial charge in [0.25, 0.3) is 5.56 Å². The third-order valence-corrected chi connectivity index (χ3v) is 3.47. The minimum absolute atomic E-state index is 0.157. The van der Waals surface area contributed by atoms with Gasteiger partial charge >= 0.3 is 11.7 Å². The zero-order chi connectivity index (χ0) is 13.6. The first-order chi connectivity index (χ1) is 9.10. The molecule has 8 nitrogen and oxygen atoms in total. The molecule has 0 aliphatic carbocycles. The van der Waals surface area contributed by atoms with Crippen molar-refractivity contribution in [2.45, 2.75) is 24.9 Å². The third kappa shape index (κ3) is 1.89. The predicted molar refractivity (Wildman–Crippen MR) is 60.3 cm³/mol. The van der Waals surface area contributed by atoms with Crippen LogP contribution < -0.4 is 11.2 Å². The molecule has 0 spiro atoms. The fourth-order valence-electron chi connectivity index (χ4n) is 2.60. The molecule has 2 aliphatic heterocycles. The second kappa shape index (κ2) is 4.32. The van der Waals surface area contributed by atoms with Gasteiger partial charge in [0.2, 0.25) is 0 Å². The highest BCUT2D eigenvalue weighted by atomic mass is 16.6. The van der Waals surface area contributed by atoms with Gasteiger partial charge in [-0.25, -0.2) is 4.79 Å². The molecule has 0 unspecified atom stereocenters. The number of carbonyl (C=O) groups is 1. The Hall–Kier alpha value is -1.93. The maximum atomic E-state index is 11.7. The Bertz CT molecular complexity index is 620. The van der Waals surface area contributed by atoms with Crippen molar-refractivity contribution in [3.8, 4) is 0 Å². The standard InChI is InChI=1S/C11H12N2O6/c14-4-6-5-3-8(16)19-9(5)10(18-6)13-2-1-7(15)12-11(13)17/h1-2,5-6,9-10,14H,3-4H2,(H,12,15,17)/t5-,6-,9-,10-/m1/s1. The lowest BCUT2D eigenvalue weighted by Gasteiger charge is -2.18. The molecule has 0 radical (unpaired) electrons. The van der Waals surface area contributed by atoms with Crippen LogP contribution >= 0.6 is 0 Å². The number of aliphatic hydroxyl groups excluding tert-OH is 1. The number of hydrogen-bond acceptors (Lipinski definition) is 6. The first-order valence-electron chi connectivity index (χ1n) is 5.87. The molecule has 1 aromatic rings. The van der Waals surface area contributed by atoms with Gasteiger partial charge in [-0.2, -0.15) is 0 Å². The number of carbonyl (C=O) groups excluding carboxylic acids is 1. The van der Waals surface area contributed by atoms with Gasteiger partial charge < -0.3 is 14.6 Å². The highest BCUT2D eigenvalue weighted by Gasteiger charge is 2.52. The molecule has 0 bridgehead atoms. The van der Waals surface area contributed by atoms with Crippen LogP contribution in [0.15, 0.2) is 21.9 Å². The van der Waals surface area contributed by atoms with Crippen molar-refractivity contribution in [3.05, 3.63) is 33.1 Å². The summed E-state index contributed by atoms with van der Waals surface area (Å²) in [6, 6.07) is 1.18. The van der Waals surface area contributed by atoms with E-state index in [1.807, 2.05) is 0 Å². The van der Waals surface area contributed by atoms with Crippen LogP contribution in [0, 0.1) is 5.92 Å². The lowest BCUT2D eigenvalue weighted by atomic mass is 9.97. The number of aliphatic hydroxyl groups is 1. The summed E-state index contributed by atoms with van der Waals surface area (Å²) in [5, 5.41) is 9.24. The smallest absolute Gasteiger partial charge is 0.330 e. The molecule has 102 valence electrons. The van der Waals surface area contributed by atoms with Crippen LogP contribution in [0.25, 0.3) is 0 Å². The van der Waals surface area contributed by atoms with E-state index in [0.717, 1.165) is 4.57 Å². The van der Waals surface area contributed by atoms with Crippen molar-refractivity contribution in [3.63, 3.8) is 0 Å². The van der Waals surface area contributed by atoms with E-state index in [1.54, 1.807) is 0 Å². The number of hydrogen-bond donors (Lipinski definition) is 2. The number of fused-ring (bicyclic) bond motifs is 1. The van der Waals surface area contributed by atoms with E-state index in [0.29, 0.717) is 0 Å². The maximum absolute atomic E-state index is 11.7. The van der Waals surface area contributed by atoms with Crippen LogP contribution in [0.5, 0.6) is 0 Å². The third-order valence-electron chi connectivity index (χ3n) is 3.47. The van der Waals surface area contributed by atoms with Crippen molar-refractivity contribution >= 4 is 5.97 Å². The SMILES string of the molecule is O=C1C[C@H]2[C@@H](O1)[C@H](n1ccc(=O)[nH]c1=O)O[C@@H]2CO. The zero-order valence-electron chi connectivity index (χ0n) is 9.81. The summed E-state index contributed by atoms with van der Waals surface area (Å²) in [5.41, 5.74) is -1.16. The Morgan fingerprint density at radius 1 is 1.42 bits per heavy atom. The van der Waals surface area contributed by atoms with Crippen molar-refractivity contribution in [1.29, 1.82) is 0 Å². The molecular weight excluding hydrogens is 256 g/mol. The molecular formula is C11H12N2O6. The Balaban J connectivity index is 1.99.